The zero-order valence-electron chi connectivity index (χ0n) is 8.57. The number of nitrogen functional groups attached to an aromatic ring is 1. The number of hydrogen-bond acceptors (Lipinski definition) is 2. The number of hydrogen-bond donors (Lipinski definition) is 2. The molecule has 0 saturated carbocycles. The SMILES string of the molecule is Nc1cccc2c1CCC(CC(=O)O)C2. The second kappa shape index (κ2) is 3.93. The Morgan fingerprint density at radius 1 is 1.53 bits per heavy atom. The minimum atomic E-state index is -0.702. The van der Waals surface area contributed by atoms with Gasteiger partial charge in [0.2, 0.25) is 0 Å². The van der Waals surface area contributed by atoms with Gasteiger partial charge in [-0.15, -0.1) is 0 Å². The van der Waals surface area contributed by atoms with Gasteiger partial charge in [0.25, 0.3) is 0 Å². The van der Waals surface area contributed by atoms with Crippen LogP contribution in [0.4, 0.5) is 5.69 Å². The lowest BCUT2D eigenvalue weighted by Crippen LogP contribution is -2.18. The maximum Gasteiger partial charge on any atom is 0.303 e. The maximum atomic E-state index is 10.6. The Hall–Kier alpha value is -1.51. The third kappa shape index (κ3) is 2.12. The minimum Gasteiger partial charge on any atom is -0.481 e. The summed E-state index contributed by atoms with van der Waals surface area (Å²) < 4.78 is 0. The molecule has 1 aromatic rings. The number of anilines is 1. The second-order valence-corrected chi connectivity index (χ2v) is 4.19. The van der Waals surface area contributed by atoms with E-state index in [1.807, 2.05) is 12.1 Å². The van der Waals surface area contributed by atoms with Crippen molar-refractivity contribution in [1.29, 1.82) is 0 Å². The van der Waals surface area contributed by atoms with Gasteiger partial charge in [0, 0.05) is 12.1 Å². The van der Waals surface area contributed by atoms with E-state index in [1.54, 1.807) is 0 Å². The lowest BCUT2D eigenvalue weighted by molar-refractivity contribution is -0.138. The zero-order chi connectivity index (χ0) is 10.8. The van der Waals surface area contributed by atoms with Crippen LogP contribution in [0.2, 0.25) is 0 Å². The third-order valence-corrected chi connectivity index (χ3v) is 3.08. The van der Waals surface area contributed by atoms with Crippen LogP contribution in [-0.4, -0.2) is 11.1 Å². The normalized spacial score (nSPS) is 19.6. The molecule has 0 heterocycles. The first-order chi connectivity index (χ1) is 7.16. The summed E-state index contributed by atoms with van der Waals surface area (Å²) in [4.78, 5) is 10.6. The maximum absolute atomic E-state index is 10.6. The smallest absolute Gasteiger partial charge is 0.303 e. The molecule has 1 atom stereocenters. The van der Waals surface area contributed by atoms with E-state index in [0.717, 1.165) is 24.9 Å². The van der Waals surface area contributed by atoms with Crippen LogP contribution in [0.5, 0.6) is 0 Å². The predicted molar refractivity (Wildman–Crippen MR) is 58.6 cm³/mol. The number of rotatable bonds is 2. The highest BCUT2D eigenvalue weighted by Crippen LogP contribution is 2.30. The standard InChI is InChI=1S/C12H15NO2/c13-11-3-1-2-9-6-8(7-12(14)15)4-5-10(9)11/h1-3,8H,4-7,13H2,(H,14,15). The highest BCUT2D eigenvalue weighted by Gasteiger charge is 2.21. The van der Waals surface area contributed by atoms with Crippen molar-refractivity contribution in [2.45, 2.75) is 25.7 Å². The van der Waals surface area contributed by atoms with E-state index in [2.05, 4.69) is 6.07 Å². The molecule has 3 N–H and O–H groups in total. The number of carboxylic acids is 1. The largest absolute Gasteiger partial charge is 0.481 e. The first-order valence-corrected chi connectivity index (χ1v) is 5.25. The lowest BCUT2D eigenvalue weighted by Gasteiger charge is -2.24. The molecule has 1 aliphatic rings. The van der Waals surface area contributed by atoms with Crippen LogP contribution < -0.4 is 5.73 Å². The van der Waals surface area contributed by atoms with Crippen molar-refractivity contribution in [3.63, 3.8) is 0 Å². The van der Waals surface area contributed by atoms with Gasteiger partial charge < -0.3 is 10.8 Å². The van der Waals surface area contributed by atoms with Crippen LogP contribution in [0, 0.1) is 5.92 Å². The zero-order valence-corrected chi connectivity index (χ0v) is 8.57. The van der Waals surface area contributed by atoms with Crippen molar-refractivity contribution in [3.05, 3.63) is 29.3 Å². The van der Waals surface area contributed by atoms with Crippen molar-refractivity contribution < 1.29 is 9.90 Å². The fraction of sp³-hybridized carbons (Fsp3) is 0.417. The number of benzene rings is 1. The summed E-state index contributed by atoms with van der Waals surface area (Å²) in [5.74, 6) is -0.427. The summed E-state index contributed by atoms with van der Waals surface area (Å²) in [7, 11) is 0. The van der Waals surface area contributed by atoms with Crippen LogP contribution in [0.15, 0.2) is 18.2 Å². The fourth-order valence-electron chi connectivity index (χ4n) is 2.33. The molecule has 0 aliphatic heterocycles. The quantitative estimate of drug-likeness (QED) is 0.724. The molecule has 1 aliphatic carbocycles. The number of aliphatic carboxylic acids is 1. The van der Waals surface area contributed by atoms with Crippen LogP contribution in [-0.2, 0) is 17.6 Å². The fourth-order valence-corrected chi connectivity index (χ4v) is 2.33. The van der Waals surface area contributed by atoms with Crippen molar-refractivity contribution in [3.8, 4) is 0 Å². The van der Waals surface area contributed by atoms with E-state index in [4.69, 9.17) is 10.8 Å². The van der Waals surface area contributed by atoms with E-state index in [-0.39, 0.29) is 12.3 Å². The lowest BCUT2D eigenvalue weighted by atomic mass is 9.81. The Kier molecular flexibility index (Phi) is 2.62. The molecule has 0 amide bonds. The van der Waals surface area contributed by atoms with Crippen LogP contribution in [0.3, 0.4) is 0 Å². The molecular formula is C12H15NO2. The Bertz CT molecular complexity index is 387. The molecule has 0 saturated heterocycles. The number of carboxylic acid groups (broad SMARTS) is 1. The molecule has 3 heteroatoms. The molecule has 0 aromatic heterocycles. The minimum absolute atomic E-state index is 0.272. The molecular weight excluding hydrogens is 190 g/mol. The third-order valence-electron chi connectivity index (χ3n) is 3.08. The Balaban J connectivity index is 2.17. The van der Waals surface area contributed by atoms with E-state index < -0.39 is 5.97 Å². The summed E-state index contributed by atoms with van der Waals surface area (Å²) in [5.41, 5.74) is 9.17. The van der Waals surface area contributed by atoms with Crippen molar-refractivity contribution in [2.24, 2.45) is 5.92 Å². The highest BCUT2D eigenvalue weighted by atomic mass is 16.4. The average Bonchev–Trinajstić information content (AvgIpc) is 2.17. The summed E-state index contributed by atoms with van der Waals surface area (Å²) in [6.07, 6.45) is 2.98. The molecule has 1 unspecified atom stereocenters. The molecule has 0 spiro atoms. The highest BCUT2D eigenvalue weighted by molar-refractivity contribution is 5.67. The molecule has 0 fully saturated rings. The van der Waals surface area contributed by atoms with Crippen LogP contribution in [0.1, 0.15) is 24.0 Å². The van der Waals surface area contributed by atoms with Crippen LogP contribution in [0.25, 0.3) is 0 Å². The van der Waals surface area contributed by atoms with Gasteiger partial charge in [0.15, 0.2) is 0 Å². The van der Waals surface area contributed by atoms with Gasteiger partial charge in [-0.1, -0.05) is 12.1 Å². The van der Waals surface area contributed by atoms with E-state index in [1.165, 1.54) is 11.1 Å². The van der Waals surface area contributed by atoms with Gasteiger partial charge in [-0.05, 0) is 42.4 Å². The van der Waals surface area contributed by atoms with Crippen molar-refractivity contribution in [2.75, 3.05) is 5.73 Å². The van der Waals surface area contributed by atoms with Crippen molar-refractivity contribution in [1.82, 2.24) is 0 Å². The molecule has 0 bridgehead atoms. The number of nitrogens with two attached hydrogens (primary N) is 1. The van der Waals surface area contributed by atoms with Crippen molar-refractivity contribution >= 4 is 11.7 Å². The van der Waals surface area contributed by atoms with Gasteiger partial charge in [-0.25, -0.2) is 0 Å². The van der Waals surface area contributed by atoms with Gasteiger partial charge in [0.1, 0.15) is 0 Å². The van der Waals surface area contributed by atoms with Gasteiger partial charge in [-0.3, -0.25) is 4.79 Å². The Labute approximate surface area is 88.9 Å². The summed E-state index contributed by atoms with van der Waals surface area (Å²) in [5, 5.41) is 8.74. The molecule has 3 nitrogen and oxygen atoms in total. The predicted octanol–water partition coefficient (Wildman–Crippen LogP) is 1.85. The average molecular weight is 205 g/mol. The molecule has 0 radical (unpaired) electrons. The molecule has 1 aromatic carbocycles. The second-order valence-electron chi connectivity index (χ2n) is 4.19. The van der Waals surface area contributed by atoms with Crippen LogP contribution >= 0.6 is 0 Å². The van der Waals surface area contributed by atoms with E-state index in [0.29, 0.717) is 0 Å². The molecule has 80 valence electrons. The van der Waals surface area contributed by atoms with Gasteiger partial charge >= 0.3 is 5.97 Å². The van der Waals surface area contributed by atoms with Gasteiger partial charge in [0.05, 0.1) is 0 Å². The van der Waals surface area contributed by atoms with E-state index >= 15 is 0 Å². The number of fused-ring (bicyclic) bond motifs is 1. The Morgan fingerprint density at radius 2 is 2.33 bits per heavy atom. The molecule has 15 heavy (non-hydrogen) atoms. The van der Waals surface area contributed by atoms with Gasteiger partial charge in [-0.2, -0.15) is 0 Å². The molecule has 2 rings (SSSR count). The van der Waals surface area contributed by atoms with E-state index in [9.17, 15) is 4.79 Å². The monoisotopic (exact) mass is 205 g/mol. The summed E-state index contributed by atoms with van der Waals surface area (Å²) in [6.45, 7) is 0. The number of carbonyl (C=O) groups is 1. The summed E-state index contributed by atoms with van der Waals surface area (Å²) >= 11 is 0. The first-order valence-electron chi connectivity index (χ1n) is 5.25. The summed E-state index contributed by atoms with van der Waals surface area (Å²) in [6, 6.07) is 5.91. The topological polar surface area (TPSA) is 63.3 Å². The Morgan fingerprint density at radius 3 is 3.07 bits per heavy atom. The first kappa shape index (κ1) is 10.0.